The first kappa shape index (κ1) is 22.2. The summed E-state index contributed by atoms with van der Waals surface area (Å²) in [6.07, 6.45) is 1.71. The zero-order chi connectivity index (χ0) is 22.9. The number of benzene rings is 3. The topological polar surface area (TPSA) is 117 Å². The Balaban J connectivity index is 1.49. The van der Waals surface area contributed by atoms with E-state index in [0.29, 0.717) is 16.8 Å². The molecule has 7 nitrogen and oxygen atoms in total. The summed E-state index contributed by atoms with van der Waals surface area (Å²) in [5.41, 5.74) is 10.6. The van der Waals surface area contributed by atoms with E-state index in [2.05, 4.69) is 12.0 Å². The first-order valence-corrected chi connectivity index (χ1v) is 13.0. The molecular formula is C22H19FIN4O3S-. The van der Waals surface area contributed by atoms with Crippen molar-refractivity contribution in [2.24, 2.45) is 0 Å². The fraction of sp³-hybridized carbons (Fsp3) is 0.0455. The standard InChI is InChI=1S/C22H19FIN4O3S/c1-13-10-15(23)3-6-18(13)21-9-4-16(12-26-21)27-24-28-22-19-7-5-17(32(29,30)31)11-14(19)2-8-20(22)25/h2-12,27-28H,25H2,1H3,(H,29,30,31)/q-1. The van der Waals surface area contributed by atoms with Crippen LogP contribution in [0.15, 0.2) is 71.8 Å². The van der Waals surface area contributed by atoms with Crippen LogP contribution in [0, 0.1) is 12.7 Å². The van der Waals surface area contributed by atoms with Crippen molar-refractivity contribution >= 4 is 38.0 Å². The SMILES string of the molecule is Cc1cc(F)ccc1-c1ccc(N[I-]Nc2c(N)ccc3cc(S(=O)(=O)O)ccc23)cn1. The molecule has 4 rings (SSSR count). The fourth-order valence-electron chi connectivity index (χ4n) is 3.24. The number of anilines is 3. The number of hydrogen-bond acceptors (Lipinski definition) is 6. The molecule has 166 valence electrons. The Morgan fingerprint density at radius 2 is 1.84 bits per heavy atom. The van der Waals surface area contributed by atoms with Crippen LogP contribution in [-0.2, 0) is 10.1 Å². The molecule has 0 radical (unpaired) electrons. The van der Waals surface area contributed by atoms with Crippen molar-refractivity contribution in [1.82, 2.24) is 4.98 Å². The van der Waals surface area contributed by atoms with E-state index in [1.165, 1.54) is 24.3 Å². The van der Waals surface area contributed by atoms with Crippen molar-refractivity contribution in [2.45, 2.75) is 11.8 Å². The molecule has 3 aromatic carbocycles. The number of nitrogens with two attached hydrogens (primary N) is 1. The molecule has 32 heavy (non-hydrogen) atoms. The molecule has 0 fully saturated rings. The summed E-state index contributed by atoms with van der Waals surface area (Å²) in [6.45, 7) is 1.84. The number of pyridine rings is 1. The number of rotatable bonds is 6. The van der Waals surface area contributed by atoms with Crippen LogP contribution in [0.1, 0.15) is 5.56 Å². The number of aryl methyl sites for hydroxylation is 1. The van der Waals surface area contributed by atoms with Gasteiger partial charge in [0.05, 0.1) is 0 Å². The molecule has 0 aliphatic carbocycles. The minimum atomic E-state index is -4.28. The maximum absolute atomic E-state index is 13.3. The molecule has 10 heteroatoms. The zero-order valence-corrected chi connectivity index (χ0v) is 19.8. The molecule has 0 amide bonds. The molecule has 0 aliphatic heterocycles. The van der Waals surface area contributed by atoms with E-state index in [9.17, 15) is 17.4 Å². The molecule has 0 atom stereocenters. The molecule has 0 spiro atoms. The van der Waals surface area contributed by atoms with E-state index in [4.69, 9.17) is 5.73 Å². The van der Waals surface area contributed by atoms with Crippen LogP contribution in [0.3, 0.4) is 0 Å². The van der Waals surface area contributed by atoms with Crippen molar-refractivity contribution in [3.8, 4) is 11.3 Å². The van der Waals surface area contributed by atoms with Crippen LogP contribution in [0.2, 0.25) is 0 Å². The first-order chi connectivity index (χ1) is 15.2. The van der Waals surface area contributed by atoms with Gasteiger partial charge in [-0.05, 0) is 0 Å². The van der Waals surface area contributed by atoms with Gasteiger partial charge in [-0.25, -0.2) is 0 Å². The van der Waals surface area contributed by atoms with E-state index in [1.54, 1.807) is 30.5 Å². The summed E-state index contributed by atoms with van der Waals surface area (Å²) in [5.74, 6) is -0.276. The van der Waals surface area contributed by atoms with E-state index in [0.717, 1.165) is 27.9 Å². The Kier molecular flexibility index (Phi) is 6.17. The van der Waals surface area contributed by atoms with Gasteiger partial charge in [-0.1, -0.05) is 0 Å². The van der Waals surface area contributed by atoms with Crippen LogP contribution in [0.25, 0.3) is 22.0 Å². The van der Waals surface area contributed by atoms with Crippen molar-refractivity contribution < 1.29 is 39.1 Å². The normalized spacial score (nSPS) is 11.6. The number of nitrogens with one attached hydrogen (secondary N) is 2. The third-order valence-electron chi connectivity index (χ3n) is 4.85. The van der Waals surface area contributed by atoms with E-state index in [-0.39, 0.29) is 10.7 Å². The number of hydrogen-bond donors (Lipinski definition) is 4. The monoisotopic (exact) mass is 565 g/mol. The number of nitrogen functional groups attached to an aromatic ring is 1. The average molecular weight is 565 g/mol. The zero-order valence-electron chi connectivity index (χ0n) is 16.8. The Hall–Kier alpha value is -2.96. The van der Waals surface area contributed by atoms with E-state index >= 15 is 0 Å². The molecule has 0 bridgehead atoms. The van der Waals surface area contributed by atoms with Gasteiger partial charge in [0.1, 0.15) is 0 Å². The Morgan fingerprint density at radius 1 is 1.03 bits per heavy atom. The fourth-order valence-corrected chi connectivity index (χ4v) is 5.39. The third-order valence-corrected chi connectivity index (χ3v) is 7.40. The van der Waals surface area contributed by atoms with Crippen molar-refractivity contribution in [3.63, 3.8) is 0 Å². The predicted molar refractivity (Wildman–Crippen MR) is 120 cm³/mol. The van der Waals surface area contributed by atoms with Crippen LogP contribution in [0.4, 0.5) is 21.5 Å². The molecular weight excluding hydrogens is 546 g/mol. The van der Waals surface area contributed by atoms with Crippen molar-refractivity contribution in [3.05, 3.63) is 78.2 Å². The van der Waals surface area contributed by atoms with Crippen LogP contribution < -0.4 is 34.5 Å². The molecule has 0 saturated carbocycles. The second kappa shape index (κ2) is 8.88. The van der Waals surface area contributed by atoms with Gasteiger partial charge in [0.25, 0.3) is 0 Å². The predicted octanol–water partition coefficient (Wildman–Crippen LogP) is 1.62. The Morgan fingerprint density at radius 3 is 2.53 bits per heavy atom. The third kappa shape index (κ3) is 4.76. The van der Waals surface area contributed by atoms with E-state index < -0.39 is 31.9 Å². The summed E-state index contributed by atoms with van der Waals surface area (Å²) in [4.78, 5) is 4.29. The maximum atomic E-state index is 13.3. The summed E-state index contributed by atoms with van der Waals surface area (Å²) >= 11 is -0.768. The van der Waals surface area contributed by atoms with Gasteiger partial charge in [-0.2, -0.15) is 0 Å². The molecule has 0 saturated heterocycles. The van der Waals surface area contributed by atoms with Gasteiger partial charge in [0.2, 0.25) is 0 Å². The summed E-state index contributed by atoms with van der Waals surface area (Å²) in [5, 5.41) is 1.39. The van der Waals surface area contributed by atoms with Gasteiger partial charge in [0, 0.05) is 0 Å². The molecule has 0 unspecified atom stereocenters. The van der Waals surface area contributed by atoms with Gasteiger partial charge in [0.15, 0.2) is 0 Å². The first-order valence-electron chi connectivity index (χ1n) is 9.39. The molecule has 5 N–H and O–H groups in total. The number of aromatic nitrogens is 1. The quantitative estimate of drug-likeness (QED) is 0.122. The second-order valence-electron chi connectivity index (χ2n) is 7.06. The van der Waals surface area contributed by atoms with Crippen LogP contribution in [0.5, 0.6) is 0 Å². The summed E-state index contributed by atoms with van der Waals surface area (Å²) in [6, 6.07) is 16.1. The van der Waals surface area contributed by atoms with Crippen LogP contribution >= 0.6 is 0 Å². The van der Waals surface area contributed by atoms with Crippen molar-refractivity contribution in [1.29, 1.82) is 0 Å². The molecule has 1 aromatic heterocycles. The number of nitrogens with zero attached hydrogens (tertiary/aromatic N) is 1. The van der Waals surface area contributed by atoms with Gasteiger partial charge in [-0.3, -0.25) is 0 Å². The average Bonchev–Trinajstić information content (AvgIpc) is 2.75. The molecule has 0 aliphatic rings. The van der Waals surface area contributed by atoms with Gasteiger partial charge in [-0.15, -0.1) is 0 Å². The molecule has 1 heterocycles. The summed E-state index contributed by atoms with van der Waals surface area (Å²) < 4.78 is 52.0. The van der Waals surface area contributed by atoms with Crippen LogP contribution in [-0.4, -0.2) is 18.0 Å². The van der Waals surface area contributed by atoms with Gasteiger partial charge < -0.3 is 0 Å². The molecule has 4 aromatic rings. The van der Waals surface area contributed by atoms with Crippen molar-refractivity contribution in [2.75, 3.05) is 12.8 Å². The van der Waals surface area contributed by atoms with Gasteiger partial charge >= 0.3 is 196 Å². The minimum absolute atomic E-state index is 0.170. The Labute approximate surface area is 195 Å². The number of halogens is 2. The van der Waals surface area contributed by atoms with E-state index in [1.807, 2.05) is 19.1 Å². The number of fused-ring (bicyclic) bond motifs is 1. The second-order valence-corrected chi connectivity index (χ2v) is 10.1. The summed E-state index contributed by atoms with van der Waals surface area (Å²) in [7, 11) is -4.28. The Bertz CT molecular complexity index is 1410.